The van der Waals surface area contributed by atoms with Crippen molar-refractivity contribution in [2.75, 3.05) is 11.9 Å². The molecule has 1 aliphatic rings. The van der Waals surface area contributed by atoms with E-state index in [9.17, 15) is 4.79 Å². The zero-order valence-electron chi connectivity index (χ0n) is 10.4. The first kappa shape index (κ1) is 12.7. The predicted molar refractivity (Wildman–Crippen MR) is 70.1 cm³/mol. The average molecular weight is 249 g/mol. The van der Waals surface area contributed by atoms with Crippen LogP contribution in [0.5, 0.6) is 5.75 Å². The van der Waals surface area contributed by atoms with Gasteiger partial charge in [-0.1, -0.05) is 31.4 Å². The van der Waals surface area contributed by atoms with Crippen molar-refractivity contribution in [2.24, 2.45) is 0 Å². The molecule has 0 aliphatic heterocycles. The van der Waals surface area contributed by atoms with E-state index in [1.165, 1.54) is 32.1 Å². The Morgan fingerprint density at radius 2 is 2.00 bits per heavy atom. The van der Waals surface area contributed by atoms with Crippen LogP contribution in [0.15, 0.2) is 24.3 Å². The first-order chi connectivity index (χ1) is 8.75. The lowest BCUT2D eigenvalue weighted by Gasteiger charge is -2.24. The highest BCUT2D eigenvalue weighted by Gasteiger charge is 2.14. The third-order valence-electron chi connectivity index (χ3n) is 3.20. The quantitative estimate of drug-likeness (QED) is 0.842. The maximum Gasteiger partial charge on any atom is 0.341 e. The van der Waals surface area contributed by atoms with Crippen LogP contribution in [0.1, 0.15) is 32.1 Å². The molecule has 18 heavy (non-hydrogen) atoms. The van der Waals surface area contributed by atoms with Gasteiger partial charge in [0.05, 0.1) is 5.69 Å². The van der Waals surface area contributed by atoms with Crippen molar-refractivity contribution in [3.63, 3.8) is 0 Å². The fourth-order valence-corrected chi connectivity index (χ4v) is 2.32. The molecule has 0 unspecified atom stereocenters. The number of ether oxygens (including phenoxy) is 1. The van der Waals surface area contributed by atoms with Crippen LogP contribution < -0.4 is 10.1 Å². The third-order valence-corrected chi connectivity index (χ3v) is 3.20. The van der Waals surface area contributed by atoms with E-state index in [2.05, 4.69) is 5.32 Å². The number of para-hydroxylation sites is 2. The summed E-state index contributed by atoms with van der Waals surface area (Å²) >= 11 is 0. The molecule has 2 rings (SSSR count). The molecule has 1 fully saturated rings. The molecule has 0 amide bonds. The molecule has 0 heterocycles. The highest BCUT2D eigenvalue weighted by atomic mass is 16.5. The van der Waals surface area contributed by atoms with Crippen LogP contribution in [0.3, 0.4) is 0 Å². The van der Waals surface area contributed by atoms with Gasteiger partial charge in [-0.15, -0.1) is 0 Å². The molecule has 1 aromatic carbocycles. The summed E-state index contributed by atoms with van der Waals surface area (Å²) in [6.45, 7) is -0.302. The van der Waals surface area contributed by atoms with E-state index in [1.807, 2.05) is 18.2 Å². The Hall–Kier alpha value is -1.71. The number of nitrogens with one attached hydrogen (secondary N) is 1. The molecule has 1 saturated carbocycles. The molecule has 0 aromatic heterocycles. The topological polar surface area (TPSA) is 58.6 Å². The smallest absolute Gasteiger partial charge is 0.341 e. The normalized spacial score (nSPS) is 16.2. The van der Waals surface area contributed by atoms with E-state index in [4.69, 9.17) is 9.84 Å². The number of benzene rings is 1. The second-order valence-electron chi connectivity index (χ2n) is 4.66. The fourth-order valence-electron chi connectivity index (χ4n) is 2.32. The summed E-state index contributed by atoms with van der Waals surface area (Å²) in [4.78, 5) is 10.5. The lowest BCUT2D eigenvalue weighted by molar-refractivity contribution is -0.139. The Bertz CT molecular complexity index is 400. The van der Waals surface area contributed by atoms with Crippen LogP contribution in [0.4, 0.5) is 5.69 Å². The van der Waals surface area contributed by atoms with E-state index in [0.29, 0.717) is 11.8 Å². The minimum Gasteiger partial charge on any atom is -0.480 e. The molecule has 1 aromatic rings. The van der Waals surface area contributed by atoms with Gasteiger partial charge in [-0.05, 0) is 25.0 Å². The molecule has 4 heteroatoms. The second kappa shape index (κ2) is 6.28. The Kier molecular flexibility index (Phi) is 4.45. The summed E-state index contributed by atoms with van der Waals surface area (Å²) in [5, 5.41) is 12.1. The zero-order valence-corrected chi connectivity index (χ0v) is 10.4. The minimum absolute atomic E-state index is 0.302. The average Bonchev–Trinajstić information content (AvgIpc) is 2.39. The SMILES string of the molecule is O=C(O)COc1ccccc1NC1CCCCC1. The van der Waals surface area contributed by atoms with Crippen LogP contribution in [-0.2, 0) is 4.79 Å². The first-order valence-electron chi connectivity index (χ1n) is 6.46. The molecule has 0 radical (unpaired) electrons. The van der Waals surface area contributed by atoms with Gasteiger partial charge in [0.2, 0.25) is 0 Å². The Labute approximate surface area is 107 Å². The van der Waals surface area contributed by atoms with Crippen molar-refractivity contribution < 1.29 is 14.6 Å². The fraction of sp³-hybridized carbons (Fsp3) is 0.500. The molecular weight excluding hydrogens is 230 g/mol. The summed E-state index contributed by atoms with van der Waals surface area (Å²) < 4.78 is 5.28. The van der Waals surface area contributed by atoms with E-state index in [1.54, 1.807) is 6.07 Å². The van der Waals surface area contributed by atoms with Crippen LogP contribution in [0.2, 0.25) is 0 Å². The summed E-state index contributed by atoms with van der Waals surface area (Å²) in [5.74, 6) is -0.340. The Morgan fingerprint density at radius 3 is 2.72 bits per heavy atom. The predicted octanol–water partition coefficient (Wildman–Crippen LogP) is 2.89. The van der Waals surface area contributed by atoms with E-state index in [-0.39, 0.29) is 6.61 Å². The van der Waals surface area contributed by atoms with Gasteiger partial charge in [0, 0.05) is 6.04 Å². The Morgan fingerprint density at radius 1 is 1.28 bits per heavy atom. The highest BCUT2D eigenvalue weighted by molar-refractivity contribution is 5.69. The molecular formula is C14H19NO3. The van der Waals surface area contributed by atoms with Crippen LogP contribution in [0, 0.1) is 0 Å². The van der Waals surface area contributed by atoms with Crippen LogP contribution >= 0.6 is 0 Å². The second-order valence-corrected chi connectivity index (χ2v) is 4.66. The van der Waals surface area contributed by atoms with Crippen LogP contribution in [-0.4, -0.2) is 23.7 Å². The van der Waals surface area contributed by atoms with Gasteiger partial charge in [-0.2, -0.15) is 0 Å². The highest BCUT2D eigenvalue weighted by Crippen LogP contribution is 2.28. The minimum atomic E-state index is -0.956. The zero-order chi connectivity index (χ0) is 12.8. The maximum absolute atomic E-state index is 10.5. The van der Waals surface area contributed by atoms with Gasteiger partial charge in [-0.25, -0.2) is 4.79 Å². The van der Waals surface area contributed by atoms with Gasteiger partial charge in [0.1, 0.15) is 5.75 Å². The molecule has 0 atom stereocenters. The third kappa shape index (κ3) is 3.65. The molecule has 98 valence electrons. The number of hydrogen-bond donors (Lipinski definition) is 2. The number of hydrogen-bond acceptors (Lipinski definition) is 3. The van der Waals surface area contributed by atoms with Crippen molar-refractivity contribution in [1.82, 2.24) is 0 Å². The van der Waals surface area contributed by atoms with Gasteiger partial charge < -0.3 is 15.2 Å². The number of carboxylic acid groups (broad SMARTS) is 1. The molecule has 4 nitrogen and oxygen atoms in total. The van der Waals surface area contributed by atoms with Gasteiger partial charge in [0.15, 0.2) is 6.61 Å². The van der Waals surface area contributed by atoms with Gasteiger partial charge in [-0.3, -0.25) is 0 Å². The summed E-state index contributed by atoms with van der Waals surface area (Å²) in [5.41, 5.74) is 0.894. The molecule has 0 saturated heterocycles. The largest absolute Gasteiger partial charge is 0.480 e. The molecule has 0 spiro atoms. The summed E-state index contributed by atoms with van der Waals surface area (Å²) in [6, 6.07) is 8.00. The van der Waals surface area contributed by atoms with E-state index < -0.39 is 5.97 Å². The Balaban J connectivity index is 1.99. The number of carbonyl (C=O) groups is 1. The number of anilines is 1. The monoisotopic (exact) mass is 249 g/mol. The van der Waals surface area contributed by atoms with Gasteiger partial charge in [0.25, 0.3) is 0 Å². The lowest BCUT2D eigenvalue weighted by Crippen LogP contribution is -2.22. The molecule has 0 bridgehead atoms. The number of aliphatic carboxylic acids is 1. The van der Waals surface area contributed by atoms with Crippen molar-refractivity contribution in [2.45, 2.75) is 38.1 Å². The van der Waals surface area contributed by atoms with E-state index >= 15 is 0 Å². The molecule has 1 aliphatic carbocycles. The lowest BCUT2D eigenvalue weighted by atomic mass is 9.95. The van der Waals surface area contributed by atoms with E-state index in [0.717, 1.165) is 5.69 Å². The number of rotatable bonds is 5. The summed E-state index contributed by atoms with van der Waals surface area (Å²) in [6.07, 6.45) is 6.18. The van der Waals surface area contributed by atoms with Crippen molar-refractivity contribution in [3.05, 3.63) is 24.3 Å². The standard InChI is InChI=1S/C14H19NO3/c16-14(17)10-18-13-9-5-4-8-12(13)15-11-6-2-1-3-7-11/h4-5,8-9,11,15H,1-3,6-7,10H2,(H,16,17). The van der Waals surface area contributed by atoms with Crippen molar-refractivity contribution in [3.8, 4) is 5.75 Å². The van der Waals surface area contributed by atoms with Crippen LogP contribution in [0.25, 0.3) is 0 Å². The van der Waals surface area contributed by atoms with Crippen molar-refractivity contribution >= 4 is 11.7 Å². The maximum atomic E-state index is 10.5. The first-order valence-corrected chi connectivity index (χ1v) is 6.46. The van der Waals surface area contributed by atoms with Crippen molar-refractivity contribution in [1.29, 1.82) is 0 Å². The number of carboxylic acids is 1. The molecule has 2 N–H and O–H groups in total. The van der Waals surface area contributed by atoms with Gasteiger partial charge >= 0.3 is 5.97 Å². The summed E-state index contributed by atoms with van der Waals surface area (Å²) in [7, 11) is 0.